The van der Waals surface area contributed by atoms with Crippen molar-refractivity contribution in [3.63, 3.8) is 0 Å². The van der Waals surface area contributed by atoms with Gasteiger partial charge in [-0.15, -0.1) is 12.4 Å². The second-order valence-corrected chi connectivity index (χ2v) is 5.59. The third kappa shape index (κ3) is 3.46. The van der Waals surface area contributed by atoms with Crippen LogP contribution in [0.2, 0.25) is 0 Å². The number of aromatic nitrogens is 4. The fourth-order valence-corrected chi connectivity index (χ4v) is 2.41. The average Bonchev–Trinajstić information content (AvgIpc) is 3.20. The molecular formula is C15H24ClN5. The van der Waals surface area contributed by atoms with Crippen LogP contribution in [0.1, 0.15) is 57.7 Å². The normalized spacial score (nSPS) is 15.4. The highest BCUT2D eigenvalue weighted by Crippen LogP contribution is 2.38. The maximum absolute atomic E-state index is 4.79. The van der Waals surface area contributed by atoms with Gasteiger partial charge in [-0.1, -0.05) is 20.3 Å². The van der Waals surface area contributed by atoms with Gasteiger partial charge < -0.3 is 9.55 Å². The SMILES string of the molecule is CCCCN=c1ncn(CCC)c2nc(C3CC3)[nH]c12.Cl. The maximum Gasteiger partial charge on any atom is 0.176 e. The number of unbranched alkanes of at least 4 members (excludes halogenated alkanes) is 1. The lowest BCUT2D eigenvalue weighted by atomic mass is 10.3. The zero-order valence-electron chi connectivity index (χ0n) is 12.8. The molecule has 2 heterocycles. The van der Waals surface area contributed by atoms with E-state index in [1.54, 1.807) is 0 Å². The number of nitrogens with one attached hydrogen (secondary N) is 1. The van der Waals surface area contributed by atoms with Crippen LogP contribution in [0.15, 0.2) is 11.3 Å². The lowest BCUT2D eigenvalue weighted by Crippen LogP contribution is -2.15. The number of aryl methyl sites for hydroxylation is 1. The van der Waals surface area contributed by atoms with Gasteiger partial charge >= 0.3 is 0 Å². The Balaban J connectivity index is 0.00000161. The Morgan fingerprint density at radius 2 is 2.14 bits per heavy atom. The number of hydrogen-bond acceptors (Lipinski definition) is 3. The van der Waals surface area contributed by atoms with Crippen LogP contribution in [0.5, 0.6) is 0 Å². The van der Waals surface area contributed by atoms with Crippen LogP contribution >= 0.6 is 12.4 Å². The van der Waals surface area contributed by atoms with Gasteiger partial charge in [0.05, 0.1) is 6.33 Å². The highest BCUT2D eigenvalue weighted by atomic mass is 35.5. The smallest absolute Gasteiger partial charge is 0.176 e. The zero-order chi connectivity index (χ0) is 13.9. The molecule has 0 unspecified atom stereocenters. The Morgan fingerprint density at radius 1 is 1.33 bits per heavy atom. The van der Waals surface area contributed by atoms with Gasteiger partial charge in [0.2, 0.25) is 0 Å². The number of aromatic amines is 1. The van der Waals surface area contributed by atoms with E-state index < -0.39 is 0 Å². The standard InChI is InChI=1S/C15H23N5.ClH/c1-3-5-8-16-14-12-15(20(9-4-2)10-17-14)19-13(18-12)11-6-7-11;/h10-11H,3-9H2,1-2H3,(H,18,19);1H. The van der Waals surface area contributed by atoms with Crippen LogP contribution in [0.25, 0.3) is 11.2 Å². The third-order valence-corrected chi connectivity index (χ3v) is 3.72. The Kier molecular flexibility index (Phi) is 5.39. The highest BCUT2D eigenvalue weighted by molar-refractivity contribution is 5.85. The molecule has 1 saturated carbocycles. The summed E-state index contributed by atoms with van der Waals surface area (Å²) in [6.45, 7) is 6.15. The predicted molar refractivity (Wildman–Crippen MR) is 86.7 cm³/mol. The van der Waals surface area contributed by atoms with E-state index in [0.717, 1.165) is 54.8 Å². The van der Waals surface area contributed by atoms with Crippen LogP contribution in [0, 0.1) is 0 Å². The molecule has 1 aliphatic carbocycles. The first-order chi connectivity index (χ1) is 9.83. The molecule has 2 aromatic heterocycles. The van der Waals surface area contributed by atoms with Gasteiger partial charge in [-0.05, 0) is 25.7 Å². The quantitative estimate of drug-likeness (QED) is 0.833. The van der Waals surface area contributed by atoms with Gasteiger partial charge in [0.1, 0.15) is 11.3 Å². The molecule has 1 N–H and O–H groups in total. The summed E-state index contributed by atoms with van der Waals surface area (Å²) in [6.07, 6.45) is 7.74. The molecule has 1 aliphatic rings. The van der Waals surface area contributed by atoms with Crippen molar-refractivity contribution >= 4 is 23.6 Å². The van der Waals surface area contributed by atoms with Crippen molar-refractivity contribution in [1.82, 2.24) is 19.5 Å². The lowest BCUT2D eigenvalue weighted by Gasteiger charge is -2.04. The molecule has 0 spiro atoms. The van der Waals surface area contributed by atoms with E-state index in [-0.39, 0.29) is 12.4 Å². The molecular weight excluding hydrogens is 286 g/mol. The van der Waals surface area contributed by atoms with Crippen LogP contribution in [-0.2, 0) is 6.54 Å². The number of halogens is 1. The zero-order valence-corrected chi connectivity index (χ0v) is 13.6. The maximum atomic E-state index is 4.79. The summed E-state index contributed by atoms with van der Waals surface area (Å²) >= 11 is 0. The van der Waals surface area contributed by atoms with E-state index in [2.05, 4.69) is 33.4 Å². The Hall–Kier alpha value is -1.36. The van der Waals surface area contributed by atoms with Crippen molar-refractivity contribution < 1.29 is 0 Å². The summed E-state index contributed by atoms with van der Waals surface area (Å²) in [6, 6.07) is 0. The monoisotopic (exact) mass is 309 g/mol. The molecule has 5 nitrogen and oxygen atoms in total. The average molecular weight is 310 g/mol. The highest BCUT2D eigenvalue weighted by Gasteiger charge is 2.27. The van der Waals surface area contributed by atoms with Gasteiger partial charge in [-0.3, -0.25) is 4.99 Å². The topological polar surface area (TPSA) is 58.9 Å². The molecule has 0 atom stereocenters. The number of nitrogens with zero attached hydrogens (tertiary/aromatic N) is 4. The molecule has 0 aromatic carbocycles. The summed E-state index contributed by atoms with van der Waals surface area (Å²) in [4.78, 5) is 17.4. The van der Waals surface area contributed by atoms with Crippen LogP contribution in [-0.4, -0.2) is 26.1 Å². The van der Waals surface area contributed by atoms with E-state index >= 15 is 0 Å². The summed E-state index contributed by atoms with van der Waals surface area (Å²) in [7, 11) is 0. The molecule has 0 saturated heterocycles. The van der Waals surface area contributed by atoms with E-state index in [1.807, 2.05) is 6.33 Å². The number of rotatable bonds is 6. The molecule has 0 amide bonds. The van der Waals surface area contributed by atoms with Crippen LogP contribution in [0.3, 0.4) is 0 Å². The number of fused-ring (bicyclic) bond motifs is 1. The van der Waals surface area contributed by atoms with Crippen molar-refractivity contribution in [2.75, 3.05) is 6.54 Å². The van der Waals surface area contributed by atoms with Crippen LogP contribution < -0.4 is 5.49 Å². The molecule has 0 radical (unpaired) electrons. The molecule has 2 aromatic rings. The van der Waals surface area contributed by atoms with E-state index in [4.69, 9.17) is 4.98 Å². The van der Waals surface area contributed by atoms with Crippen molar-refractivity contribution in [2.45, 2.75) is 58.4 Å². The minimum absolute atomic E-state index is 0. The van der Waals surface area contributed by atoms with Gasteiger partial charge in [0.15, 0.2) is 11.1 Å². The Labute approximate surface area is 131 Å². The summed E-state index contributed by atoms with van der Waals surface area (Å²) in [5.41, 5.74) is 2.85. The van der Waals surface area contributed by atoms with Gasteiger partial charge in [-0.25, -0.2) is 9.97 Å². The van der Waals surface area contributed by atoms with Crippen molar-refractivity contribution in [2.24, 2.45) is 4.99 Å². The largest absolute Gasteiger partial charge is 0.337 e. The van der Waals surface area contributed by atoms with Gasteiger partial charge in [-0.2, -0.15) is 0 Å². The summed E-state index contributed by atoms with van der Waals surface area (Å²) in [5.74, 6) is 1.74. The van der Waals surface area contributed by atoms with Crippen molar-refractivity contribution in [3.8, 4) is 0 Å². The molecule has 6 heteroatoms. The van der Waals surface area contributed by atoms with Crippen molar-refractivity contribution in [3.05, 3.63) is 17.6 Å². The second-order valence-electron chi connectivity index (χ2n) is 5.59. The van der Waals surface area contributed by atoms with E-state index in [0.29, 0.717) is 5.92 Å². The fraction of sp³-hybridized carbons (Fsp3) is 0.667. The Morgan fingerprint density at radius 3 is 2.81 bits per heavy atom. The second kappa shape index (κ2) is 7.07. The first-order valence-corrected chi connectivity index (χ1v) is 7.79. The number of imidazole rings is 1. The molecule has 0 bridgehead atoms. The minimum Gasteiger partial charge on any atom is -0.337 e. The molecule has 116 valence electrons. The third-order valence-electron chi connectivity index (χ3n) is 3.72. The van der Waals surface area contributed by atoms with Crippen LogP contribution in [0.4, 0.5) is 0 Å². The van der Waals surface area contributed by atoms with Crippen molar-refractivity contribution in [1.29, 1.82) is 0 Å². The molecule has 1 fully saturated rings. The lowest BCUT2D eigenvalue weighted by molar-refractivity contribution is 0.674. The van der Waals surface area contributed by atoms with Gasteiger partial charge in [0, 0.05) is 19.0 Å². The first kappa shape index (κ1) is 16.0. The van der Waals surface area contributed by atoms with Gasteiger partial charge in [0.25, 0.3) is 0 Å². The first-order valence-electron chi connectivity index (χ1n) is 7.79. The summed E-state index contributed by atoms with van der Waals surface area (Å²) < 4.78 is 2.14. The summed E-state index contributed by atoms with van der Waals surface area (Å²) in [5, 5.41) is 0. The predicted octanol–water partition coefficient (Wildman–Crippen LogP) is 3.17. The van der Waals surface area contributed by atoms with E-state index in [1.165, 1.54) is 12.8 Å². The number of hydrogen-bond donors (Lipinski definition) is 1. The molecule has 0 aliphatic heterocycles. The molecule has 21 heavy (non-hydrogen) atoms. The minimum atomic E-state index is 0. The fourth-order valence-electron chi connectivity index (χ4n) is 2.41. The molecule has 3 rings (SSSR count). The van der Waals surface area contributed by atoms with E-state index in [9.17, 15) is 0 Å². The number of H-pyrrole nitrogens is 1. The Bertz CT molecular complexity index is 654.